The van der Waals surface area contributed by atoms with Gasteiger partial charge in [0.1, 0.15) is 0 Å². The zero-order chi connectivity index (χ0) is 14.8. The molecule has 20 heavy (non-hydrogen) atoms. The van der Waals surface area contributed by atoms with Crippen molar-refractivity contribution in [2.75, 3.05) is 0 Å². The van der Waals surface area contributed by atoms with Gasteiger partial charge in [-0.1, -0.05) is 23.7 Å². The van der Waals surface area contributed by atoms with Crippen molar-refractivity contribution in [3.63, 3.8) is 0 Å². The van der Waals surface area contributed by atoms with E-state index in [9.17, 15) is 8.42 Å². The van der Waals surface area contributed by atoms with Crippen LogP contribution in [0.15, 0.2) is 41.4 Å². The normalized spacial score (nSPS) is 11.8. The Bertz CT molecular complexity index is 693. The number of sulfonamides is 1. The second kappa shape index (κ2) is 5.97. The van der Waals surface area contributed by atoms with Crippen LogP contribution in [0.5, 0.6) is 0 Å². The highest BCUT2D eigenvalue weighted by molar-refractivity contribution is 7.89. The van der Waals surface area contributed by atoms with Crippen molar-refractivity contribution in [1.29, 1.82) is 0 Å². The first-order valence-corrected chi connectivity index (χ1v) is 7.78. The standard InChI is InChI=1S/C13H15ClN2O3S/c1-16-8-13(6-12(16)9-17)20(18,19)15-7-10-2-4-11(14)5-3-10/h2-6,8,15,17H,7,9H2,1H3. The van der Waals surface area contributed by atoms with Crippen molar-refractivity contribution in [2.24, 2.45) is 7.05 Å². The van der Waals surface area contributed by atoms with Gasteiger partial charge in [-0.15, -0.1) is 0 Å². The zero-order valence-corrected chi connectivity index (χ0v) is 12.4. The fraction of sp³-hybridized carbons (Fsp3) is 0.231. The first kappa shape index (κ1) is 15.1. The Balaban J connectivity index is 2.12. The number of hydrogen-bond donors (Lipinski definition) is 2. The molecule has 0 unspecified atom stereocenters. The Morgan fingerprint density at radius 3 is 2.50 bits per heavy atom. The van der Waals surface area contributed by atoms with Crippen LogP contribution in [0.2, 0.25) is 5.02 Å². The van der Waals surface area contributed by atoms with Crippen LogP contribution in [0.3, 0.4) is 0 Å². The van der Waals surface area contributed by atoms with Gasteiger partial charge in [0.2, 0.25) is 10.0 Å². The van der Waals surface area contributed by atoms with Crippen LogP contribution in [0.25, 0.3) is 0 Å². The van der Waals surface area contributed by atoms with Gasteiger partial charge in [-0.3, -0.25) is 0 Å². The molecule has 1 aromatic heterocycles. The molecule has 0 aliphatic carbocycles. The molecule has 1 aromatic carbocycles. The average Bonchev–Trinajstić information content (AvgIpc) is 2.80. The Morgan fingerprint density at radius 2 is 1.95 bits per heavy atom. The van der Waals surface area contributed by atoms with Gasteiger partial charge in [-0.05, 0) is 23.8 Å². The molecule has 1 heterocycles. The maximum absolute atomic E-state index is 12.1. The number of aromatic nitrogens is 1. The highest BCUT2D eigenvalue weighted by Crippen LogP contribution is 2.14. The summed E-state index contributed by atoms with van der Waals surface area (Å²) >= 11 is 5.77. The van der Waals surface area contributed by atoms with E-state index in [-0.39, 0.29) is 18.0 Å². The molecule has 0 spiro atoms. The van der Waals surface area contributed by atoms with Crippen LogP contribution in [0, 0.1) is 0 Å². The van der Waals surface area contributed by atoms with Crippen LogP contribution >= 0.6 is 11.6 Å². The summed E-state index contributed by atoms with van der Waals surface area (Å²) in [6.45, 7) is -0.0218. The second-order valence-corrected chi connectivity index (χ2v) is 6.59. The predicted molar refractivity (Wildman–Crippen MR) is 76.8 cm³/mol. The van der Waals surface area contributed by atoms with Gasteiger partial charge in [-0.2, -0.15) is 0 Å². The predicted octanol–water partition coefficient (Wildman–Crippen LogP) is 1.65. The van der Waals surface area contributed by atoms with E-state index in [1.807, 2.05) is 0 Å². The topological polar surface area (TPSA) is 71.3 Å². The molecule has 0 atom stereocenters. The van der Waals surface area contributed by atoms with Gasteiger partial charge in [0.15, 0.2) is 0 Å². The lowest BCUT2D eigenvalue weighted by Gasteiger charge is -2.05. The van der Waals surface area contributed by atoms with Gasteiger partial charge in [0.05, 0.1) is 11.5 Å². The Labute approximate surface area is 122 Å². The lowest BCUT2D eigenvalue weighted by Crippen LogP contribution is -2.22. The smallest absolute Gasteiger partial charge is 0.242 e. The molecule has 0 saturated heterocycles. The van der Waals surface area contributed by atoms with Gasteiger partial charge >= 0.3 is 0 Å². The summed E-state index contributed by atoms with van der Waals surface area (Å²) in [6, 6.07) is 8.38. The van der Waals surface area contributed by atoms with E-state index in [0.717, 1.165) is 5.56 Å². The third-order valence-electron chi connectivity index (χ3n) is 2.93. The number of nitrogens with zero attached hydrogens (tertiary/aromatic N) is 1. The number of rotatable bonds is 5. The first-order chi connectivity index (χ1) is 9.42. The minimum atomic E-state index is -3.60. The summed E-state index contributed by atoms with van der Waals surface area (Å²) in [5.41, 5.74) is 1.35. The number of aliphatic hydroxyl groups excluding tert-OH is 1. The monoisotopic (exact) mass is 314 g/mol. The third kappa shape index (κ3) is 3.40. The molecule has 2 N–H and O–H groups in total. The fourth-order valence-electron chi connectivity index (χ4n) is 1.75. The largest absolute Gasteiger partial charge is 0.390 e. The number of nitrogens with one attached hydrogen (secondary N) is 1. The van der Waals surface area contributed by atoms with E-state index in [2.05, 4.69) is 4.72 Å². The van der Waals surface area contributed by atoms with E-state index in [1.165, 1.54) is 12.3 Å². The molecule has 0 bridgehead atoms. The summed E-state index contributed by atoms with van der Waals surface area (Å²) in [7, 11) is -1.91. The Hall–Kier alpha value is -1.34. The van der Waals surface area contributed by atoms with Crippen molar-refractivity contribution in [1.82, 2.24) is 9.29 Å². The van der Waals surface area contributed by atoms with Crippen molar-refractivity contribution < 1.29 is 13.5 Å². The Morgan fingerprint density at radius 1 is 1.30 bits per heavy atom. The van der Waals surface area contributed by atoms with Gasteiger partial charge in [-0.25, -0.2) is 13.1 Å². The molecule has 108 valence electrons. The van der Waals surface area contributed by atoms with Crippen molar-refractivity contribution in [3.8, 4) is 0 Å². The number of aliphatic hydroxyl groups is 1. The number of halogens is 1. The summed E-state index contributed by atoms with van der Waals surface area (Å²) in [5, 5.41) is 9.69. The molecule has 2 rings (SSSR count). The van der Waals surface area contributed by atoms with Crippen LogP contribution in [-0.2, 0) is 30.2 Å². The average molecular weight is 315 g/mol. The molecule has 5 nitrogen and oxygen atoms in total. The summed E-state index contributed by atoms with van der Waals surface area (Å²) in [5.74, 6) is 0. The van der Waals surface area contributed by atoms with Crippen LogP contribution in [0.4, 0.5) is 0 Å². The summed E-state index contributed by atoms with van der Waals surface area (Å²) in [6.07, 6.45) is 1.47. The maximum Gasteiger partial charge on any atom is 0.242 e. The number of benzene rings is 1. The second-order valence-electron chi connectivity index (χ2n) is 4.39. The molecule has 0 fully saturated rings. The Kier molecular flexibility index (Phi) is 4.49. The zero-order valence-electron chi connectivity index (χ0n) is 10.9. The van der Waals surface area contributed by atoms with E-state index < -0.39 is 10.0 Å². The van der Waals surface area contributed by atoms with E-state index >= 15 is 0 Å². The fourth-order valence-corrected chi connectivity index (χ4v) is 2.98. The number of hydrogen-bond acceptors (Lipinski definition) is 3. The minimum Gasteiger partial charge on any atom is -0.390 e. The van der Waals surface area contributed by atoms with Gasteiger partial charge in [0, 0.05) is 30.5 Å². The minimum absolute atomic E-state index is 0.137. The molecule has 0 aliphatic rings. The van der Waals surface area contributed by atoms with Crippen molar-refractivity contribution >= 4 is 21.6 Å². The summed E-state index contributed by atoms with van der Waals surface area (Å²) < 4.78 is 28.3. The highest BCUT2D eigenvalue weighted by atomic mass is 35.5. The first-order valence-electron chi connectivity index (χ1n) is 5.92. The van der Waals surface area contributed by atoms with E-state index in [0.29, 0.717) is 10.7 Å². The molecule has 0 aliphatic heterocycles. The molecular formula is C13H15ClN2O3S. The molecule has 0 amide bonds. The van der Waals surface area contributed by atoms with E-state index in [4.69, 9.17) is 16.7 Å². The lowest BCUT2D eigenvalue weighted by atomic mass is 10.2. The maximum atomic E-state index is 12.1. The third-order valence-corrected chi connectivity index (χ3v) is 4.55. The SMILES string of the molecule is Cn1cc(S(=O)(=O)NCc2ccc(Cl)cc2)cc1CO. The lowest BCUT2D eigenvalue weighted by molar-refractivity contribution is 0.272. The van der Waals surface area contributed by atoms with Gasteiger partial charge < -0.3 is 9.67 Å². The molecule has 2 aromatic rings. The molecular weight excluding hydrogens is 300 g/mol. The van der Waals surface area contributed by atoms with Crippen LogP contribution in [-0.4, -0.2) is 18.1 Å². The van der Waals surface area contributed by atoms with Crippen molar-refractivity contribution in [2.45, 2.75) is 18.0 Å². The molecule has 7 heteroatoms. The quantitative estimate of drug-likeness (QED) is 0.881. The number of aryl methyl sites for hydroxylation is 1. The van der Waals surface area contributed by atoms with Crippen LogP contribution in [0.1, 0.15) is 11.3 Å². The molecule has 0 radical (unpaired) electrons. The van der Waals surface area contributed by atoms with Crippen LogP contribution < -0.4 is 4.72 Å². The summed E-state index contributed by atoms with van der Waals surface area (Å²) in [4.78, 5) is 0.137. The highest BCUT2D eigenvalue weighted by Gasteiger charge is 2.16. The van der Waals surface area contributed by atoms with Gasteiger partial charge in [0.25, 0.3) is 0 Å². The van der Waals surface area contributed by atoms with Crippen molar-refractivity contribution in [3.05, 3.63) is 52.8 Å². The molecule has 0 saturated carbocycles. The van der Waals surface area contributed by atoms with E-state index in [1.54, 1.807) is 35.9 Å².